The third-order valence-corrected chi connectivity index (χ3v) is 3.10. The van der Waals surface area contributed by atoms with Crippen LogP contribution in [0.5, 0.6) is 0 Å². The topological polar surface area (TPSA) is 38.9 Å². The van der Waals surface area contributed by atoms with E-state index in [4.69, 9.17) is 16.0 Å². The number of aryl methyl sites for hydroxylation is 2. The Kier molecular flexibility index (Phi) is 2.56. The van der Waals surface area contributed by atoms with Gasteiger partial charge in [0.2, 0.25) is 5.28 Å². The minimum Gasteiger partial charge on any atom is -0.454 e. The molecule has 18 heavy (non-hydrogen) atoms. The molecule has 2 aromatic heterocycles. The van der Waals surface area contributed by atoms with Gasteiger partial charge < -0.3 is 4.42 Å². The molecule has 4 heteroatoms. The summed E-state index contributed by atoms with van der Waals surface area (Å²) in [5, 5.41) is 1.30. The van der Waals surface area contributed by atoms with E-state index in [1.165, 1.54) is 0 Å². The molecular weight excluding hydrogens is 248 g/mol. The van der Waals surface area contributed by atoms with Crippen molar-refractivity contribution in [3.05, 3.63) is 46.9 Å². The Morgan fingerprint density at radius 3 is 2.78 bits per heavy atom. The second-order valence-electron chi connectivity index (χ2n) is 4.27. The summed E-state index contributed by atoms with van der Waals surface area (Å²) >= 11 is 5.83. The Labute approximate surface area is 109 Å². The lowest BCUT2D eigenvalue weighted by molar-refractivity contribution is 0.625. The number of furan rings is 1. The third-order valence-electron chi connectivity index (χ3n) is 2.92. The summed E-state index contributed by atoms with van der Waals surface area (Å²) in [5.74, 6) is 0.723. The van der Waals surface area contributed by atoms with Gasteiger partial charge in [-0.15, -0.1) is 0 Å². The van der Waals surface area contributed by atoms with Crippen LogP contribution in [0.25, 0.3) is 22.4 Å². The van der Waals surface area contributed by atoms with Gasteiger partial charge >= 0.3 is 0 Å². The SMILES string of the molecule is Cc1cnc(Cl)nc1-c1cc2cccc(C)c2o1. The smallest absolute Gasteiger partial charge is 0.223 e. The molecule has 3 nitrogen and oxygen atoms in total. The van der Waals surface area contributed by atoms with E-state index in [9.17, 15) is 0 Å². The van der Waals surface area contributed by atoms with E-state index < -0.39 is 0 Å². The zero-order chi connectivity index (χ0) is 12.7. The van der Waals surface area contributed by atoms with Crippen LogP contribution >= 0.6 is 11.6 Å². The van der Waals surface area contributed by atoms with E-state index in [0.29, 0.717) is 0 Å². The first-order valence-electron chi connectivity index (χ1n) is 5.64. The molecule has 0 saturated carbocycles. The van der Waals surface area contributed by atoms with Gasteiger partial charge in [0, 0.05) is 11.6 Å². The molecule has 0 aliphatic heterocycles. The number of hydrogen-bond donors (Lipinski definition) is 0. The Balaban J connectivity index is 2.26. The number of rotatable bonds is 1. The first-order valence-corrected chi connectivity index (χ1v) is 6.01. The Morgan fingerprint density at radius 1 is 1.17 bits per heavy atom. The number of aromatic nitrogens is 2. The van der Waals surface area contributed by atoms with Gasteiger partial charge in [-0.05, 0) is 42.6 Å². The summed E-state index contributed by atoms with van der Waals surface area (Å²) in [5.41, 5.74) is 3.68. The van der Waals surface area contributed by atoms with Gasteiger partial charge in [0.05, 0.1) is 0 Å². The number of fused-ring (bicyclic) bond motifs is 1. The molecule has 0 saturated heterocycles. The molecule has 90 valence electrons. The fourth-order valence-corrected chi connectivity index (χ4v) is 2.13. The molecule has 0 atom stereocenters. The van der Waals surface area contributed by atoms with Gasteiger partial charge in [0.1, 0.15) is 11.3 Å². The van der Waals surface area contributed by atoms with Crippen molar-refractivity contribution < 1.29 is 4.42 Å². The Bertz CT molecular complexity index is 734. The first kappa shape index (κ1) is 11.2. The lowest BCUT2D eigenvalue weighted by Gasteiger charge is -2.00. The first-order chi connectivity index (χ1) is 8.65. The molecule has 0 radical (unpaired) electrons. The Morgan fingerprint density at radius 2 is 2.00 bits per heavy atom. The summed E-state index contributed by atoms with van der Waals surface area (Å²) in [6, 6.07) is 8.04. The maximum atomic E-state index is 5.87. The van der Waals surface area contributed by atoms with Crippen molar-refractivity contribution in [2.75, 3.05) is 0 Å². The minimum atomic E-state index is 0.229. The highest BCUT2D eigenvalue weighted by Crippen LogP contribution is 2.30. The molecule has 3 rings (SSSR count). The van der Waals surface area contributed by atoms with Crippen LogP contribution in [0.2, 0.25) is 5.28 Å². The van der Waals surface area contributed by atoms with Crippen molar-refractivity contribution >= 4 is 22.6 Å². The third kappa shape index (κ3) is 1.77. The molecule has 2 heterocycles. The molecule has 3 aromatic rings. The van der Waals surface area contributed by atoms with Gasteiger partial charge in [-0.25, -0.2) is 9.97 Å². The average Bonchev–Trinajstić information content (AvgIpc) is 2.77. The van der Waals surface area contributed by atoms with E-state index >= 15 is 0 Å². The second-order valence-corrected chi connectivity index (χ2v) is 4.61. The van der Waals surface area contributed by atoms with E-state index in [2.05, 4.69) is 9.97 Å². The molecule has 0 aliphatic carbocycles. The molecule has 0 spiro atoms. The fraction of sp³-hybridized carbons (Fsp3) is 0.143. The van der Waals surface area contributed by atoms with Crippen molar-refractivity contribution in [3.8, 4) is 11.5 Å². The fourth-order valence-electron chi connectivity index (χ4n) is 2.00. The van der Waals surface area contributed by atoms with Crippen LogP contribution in [0.3, 0.4) is 0 Å². The number of para-hydroxylation sites is 1. The molecule has 0 bridgehead atoms. The van der Waals surface area contributed by atoms with Gasteiger partial charge in [-0.3, -0.25) is 0 Å². The average molecular weight is 259 g/mol. The molecule has 0 amide bonds. The number of hydrogen-bond acceptors (Lipinski definition) is 3. The summed E-state index contributed by atoms with van der Waals surface area (Å²) in [7, 11) is 0. The van der Waals surface area contributed by atoms with Crippen molar-refractivity contribution in [2.24, 2.45) is 0 Å². The van der Waals surface area contributed by atoms with Crippen molar-refractivity contribution in [1.29, 1.82) is 0 Å². The molecule has 0 fully saturated rings. The van der Waals surface area contributed by atoms with Crippen molar-refractivity contribution in [1.82, 2.24) is 9.97 Å². The number of benzene rings is 1. The van der Waals surface area contributed by atoms with Gasteiger partial charge in [-0.1, -0.05) is 18.2 Å². The van der Waals surface area contributed by atoms with E-state index in [0.717, 1.165) is 33.6 Å². The number of nitrogens with zero attached hydrogens (tertiary/aromatic N) is 2. The van der Waals surface area contributed by atoms with E-state index in [1.54, 1.807) is 6.20 Å². The normalized spacial score (nSPS) is 11.1. The molecule has 1 aromatic carbocycles. The van der Waals surface area contributed by atoms with Gasteiger partial charge in [0.15, 0.2) is 5.76 Å². The molecule has 0 N–H and O–H groups in total. The summed E-state index contributed by atoms with van der Waals surface area (Å²) in [6.45, 7) is 3.96. The summed E-state index contributed by atoms with van der Waals surface area (Å²) in [6.07, 6.45) is 1.70. The quantitative estimate of drug-likeness (QED) is 0.615. The maximum absolute atomic E-state index is 5.87. The molecule has 0 unspecified atom stereocenters. The van der Waals surface area contributed by atoms with Crippen LogP contribution in [-0.2, 0) is 0 Å². The van der Waals surface area contributed by atoms with E-state index in [-0.39, 0.29) is 5.28 Å². The van der Waals surface area contributed by atoms with Gasteiger partial charge in [-0.2, -0.15) is 0 Å². The lowest BCUT2D eigenvalue weighted by atomic mass is 10.1. The van der Waals surface area contributed by atoms with Crippen molar-refractivity contribution in [2.45, 2.75) is 13.8 Å². The predicted molar refractivity (Wildman–Crippen MR) is 71.7 cm³/mol. The summed E-state index contributed by atoms with van der Waals surface area (Å²) < 4.78 is 5.87. The zero-order valence-electron chi connectivity index (χ0n) is 10.1. The van der Waals surface area contributed by atoms with Crippen LogP contribution in [0.1, 0.15) is 11.1 Å². The predicted octanol–water partition coefficient (Wildman–Crippen LogP) is 4.16. The molecular formula is C14H11ClN2O. The zero-order valence-corrected chi connectivity index (χ0v) is 10.8. The van der Waals surface area contributed by atoms with E-state index in [1.807, 2.05) is 38.1 Å². The standard InChI is InChI=1S/C14H11ClN2O/c1-8-4-3-5-10-6-11(18-13(8)10)12-9(2)7-16-14(15)17-12/h3-7H,1-2H3. The summed E-state index contributed by atoms with van der Waals surface area (Å²) in [4.78, 5) is 8.18. The Hall–Kier alpha value is -1.87. The van der Waals surface area contributed by atoms with Crippen LogP contribution < -0.4 is 0 Å². The highest BCUT2D eigenvalue weighted by atomic mass is 35.5. The highest BCUT2D eigenvalue weighted by Gasteiger charge is 2.12. The molecule has 0 aliphatic rings. The van der Waals surface area contributed by atoms with Crippen molar-refractivity contribution in [3.63, 3.8) is 0 Å². The highest BCUT2D eigenvalue weighted by molar-refractivity contribution is 6.28. The van der Waals surface area contributed by atoms with Gasteiger partial charge in [0.25, 0.3) is 0 Å². The van der Waals surface area contributed by atoms with Crippen LogP contribution in [-0.4, -0.2) is 9.97 Å². The number of halogens is 1. The van der Waals surface area contributed by atoms with Crippen LogP contribution in [0.4, 0.5) is 0 Å². The minimum absolute atomic E-state index is 0.229. The lowest BCUT2D eigenvalue weighted by Crippen LogP contribution is -1.89. The second kappa shape index (κ2) is 4.10. The van der Waals surface area contributed by atoms with Crippen LogP contribution in [0.15, 0.2) is 34.9 Å². The maximum Gasteiger partial charge on any atom is 0.223 e. The largest absolute Gasteiger partial charge is 0.454 e. The monoisotopic (exact) mass is 258 g/mol. The van der Waals surface area contributed by atoms with Crippen LogP contribution in [0, 0.1) is 13.8 Å².